The van der Waals surface area contributed by atoms with Gasteiger partial charge in [0, 0.05) is 48.9 Å². The maximum absolute atomic E-state index is 13.1. The summed E-state index contributed by atoms with van der Waals surface area (Å²) in [6.07, 6.45) is 2.08. The number of aromatic amines is 1. The molecule has 1 unspecified atom stereocenters. The topological polar surface area (TPSA) is 113 Å². The van der Waals surface area contributed by atoms with Crippen molar-refractivity contribution in [3.05, 3.63) is 53.6 Å². The van der Waals surface area contributed by atoms with E-state index in [-0.39, 0.29) is 17.6 Å². The maximum atomic E-state index is 13.1. The molecule has 1 atom stereocenters. The minimum Gasteiger partial charge on any atom is -0.355 e. The van der Waals surface area contributed by atoms with Gasteiger partial charge < -0.3 is 10.6 Å². The third-order valence-corrected chi connectivity index (χ3v) is 6.38. The molecule has 9 heteroatoms. The molecule has 0 aliphatic rings. The number of rotatable bonds is 14. The van der Waals surface area contributed by atoms with Crippen LogP contribution in [0.15, 0.2) is 42.5 Å². The summed E-state index contributed by atoms with van der Waals surface area (Å²) in [6.45, 7) is 7.99. The standard InChI is InChI=1S/C27H36N6O2S/c1-4-7-25(34)24-15-19(16-28-12-13-29-27(35)20(17-36)14-18(2)3)10-11-22(24)21-8-5-6-9-23(21)26-30-32-33-31-26/h5-6,8-11,15,18,20,28,36H,4,7,12-14,16-17H2,1-3H3,(H,29,35)(H,30,31,32,33). The molecule has 1 aromatic heterocycles. The second kappa shape index (κ2) is 13.9. The Hall–Kier alpha value is -3.04. The third kappa shape index (κ3) is 7.48. The first-order valence-corrected chi connectivity index (χ1v) is 13.2. The van der Waals surface area contributed by atoms with Crippen LogP contribution in [0.5, 0.6) is 0 Å². The summed E-state index contributed by atoms with van der Waals surface area (Å²) in [7, 11) is 0. The van der Waals surface area contributed by atoms with Crippen LogP contribution < -0.4 is 10.6 Å². The van der Waals surface area contributed by atoms with Crippen LogP contribution in [0.25, 0.3) is 22.5 Å². The van der Waals surface area contributed by atoms with Gasteiger partial charge in [-0.15, -0.1) is 10.2 Å². The van der Waals surface area contributed by atoms with Gasteiger partial charge in [0.15, 0.2) is 5.78 Å². The molecule has 0 aliphatic heterocycles. The number of amides is 1. The summed E-state index contributed by atoms with van der Waals surface area (Å²) >= 11 is 4.32. The molecule has 1 amide bonds. The van der Waals surface area contributed by atoms with Crippen LogP contribution in [0, 0.1) is 11.8 Å². The van der Waals surface area contributed by atoms with Gasteiger partial charge >= 0.3 is 0 Å². The van der Waals surface area contributed by atoms with E-state index in [1.54, 1.807) is 0 Å². The van der Waals surface area contributed by atoms with Gasteiger partial charge in [0.05, 0.1) is 0 Å². The van der Waals surface area contributed by atoms with E-state index in [1.165, 1.54) is 0 Å². The van der Waals surface area contributed by atoms with Crippen LogP contribution in [0.1, 0.15) is 56.0 Å². The first kappa shape index (κ1) is 27.5. The second-order valence-electron chi connectivity index (χ2n) is 9.31. The number of thiol groups is 1. The maximum Gasteiger partial charge on any atom is 0.223 e. The summed E-state index contributed by atoms with van der Waals surface area (Å²) in [4.78, 5) is 25.5. The Morgan fingerprint density at radius 3 is 2.50 bits per heavy atom. The summed E-state index contributed by atoms with van der Waals surface area (Å²) in [5.41, 5.74) is 4.25. The molecule has 1 heterocycles. The van der Waals surface area contributed by atoms with Crippen molar-refractivity contribution < 1.29 is 9.59 Å². The summed E-state index contributed by atoms with van der Waals surface area (Å²) in [5, 5.41) is 20.8. The fourth-order valence-corrected chi connectivity index (χ4v) is 4.52. The van der Waals surface area contributed by atoms with Gasteiger partial charge in [0.1, 0.15) is 0 Å². The Balaban J connectivity index is 1.70. The number of Topliss-reactive ketones (excluding diaryl/α,β-unsaturated/α-hetero) is 1. The highest BCUT2D eigenvalue weighted by molar-refractivity contribution is 7.80. The van der Waals surface area contributed by atoms with E-state index >= 15 is 0 Å². The zero-order valence-corrected chi connectivity index (χ0v) is 22.1. The zero-order valence-electron chi connectivity index (χ0n) is 21.3. The molecule has 3 N–H and O–H groups in total. The van der Waals surface area contributed by atoms with E-state index in [9.17, 15) is 9.59 Å². The molecule has 0 saturated heterocycles. The lowest BCUT2D eigenvalue weighted by Gasteiger charge is -2.17. The average molecular weight is 509 g/mol. The monoisotopic (exact) mass is 508 g/mol. The highest BCUT2D eigenvalue weighted by Gasteiger charge is 2.19. The van der Waals surface area contributed by atoms with Crippen LogP contribution in [0.4, 0.5) is 0 Å². The number of hydrogen-bond acceptors (Lipinski definition) is 7. The summed E-state index contributed by atoms with van der Waals surface area (Å²) in [5.74, 6) is 1.58. The molecule has 0 spiro atoms. The Kier molecular flexibility index (Phi) is 10.6. The Labute approximate surface area is 218 Å². The molecule has 0 radical (unpaired) electrons. The molecule has 0 fully saturated rings. The molecule has 3 rings (SSSR count). The average Bonchev–Trinajstić information content (AvgIpc) is 3.42. The summed E-state index contributed by atoms with van der Waals surface area (Å²) in [6, 6.07) is 13.7. The van der Waals surface area contributed by atoms with Crippen molar-refractivity contribution in [2.75, 3.05) is 18.8 Å². The third-order valence-electron chi connectivity index (χ3n) is 5.94. The van der Waals surface area contributed by atoms with Gasteiger partial charge in [-0.2, -0.15) is 17.8 Å². The van der Waals surface area contributed by atoms with E-state index < -0.39 is 0 Å². The Morgan fingerprint density at radius 2 is 1.83 bits per heavy atom. The van der Waals surface area contributed by atoms with Crippen LogP contribution in [-0.4, -0.2) is 51.2 Å². The normalized spacial score (nSPS) is 12.0. The smallest absolute Gasteiger partial charge is 0.223 e. The number of tetrazole rings is 1. The zero-order chi connectivity index (χ0) is 25.9. The van der Waals surface area contributed by atoms with E-state index in [1.807, 2.05) is 49.4 Å². The Bertz CT molecular complexity index is 1130. The van der Waals surface area contributed by atoms with Crippen molar-refractivity contribution in [2.45, 2.75) is 46.6 Å². The van der Waals surface area contributed by atoms with E-state index in [0.717, 1.165) is 35.1 Å². The minimum atomic E-state index is -0.0664. The molecular formula is C27H36N6O2S. The van der Waals surface area contributed by atoms with Gasteiger partial charge in [-0.25, -0.2) is 0 Å². The summed E-state index contributed by atoms with van der Waals surface area (Å²) < 4.78 is 0. The lowest BCUT2D eigenvalue weighted by Crippen LogP contribution is -2.37. The van der Waals surface area contributed by atoms with Gasteiger partial charge in [-0.05, 0) is 46.7 Å². The van der Waals surface area contributed by atoms with E-state index in [2.05, 4.69) is 57.7 Å². The molecule has 3 aromatic rings. The molecule has 0 bridgehead atoms. The fraction of sp³-hybridized carbons (Fsp3) is 0.444. The van der Waals surface area contributed by atoms with Crippen LogP contribution in [0.2, 0.25) is 0 Å². The quantitative estimate of drug-likeness (QED) is 0.147. The highest BCUT2D eigenvalue weighted by Crippen LogP contribution is 2.33. The number of hydrogen-bond donors (Lipinski definition) is 4. The number of H-pyrrole nitrogens is 1. The first-order chi connectivity index (χ1) is 17.4. The molecule has 0 saturated carbocycles. The van der Waals surface area contributed by atoms with Gasteiger partial charge in [-0.3, -0.25) is 9.59 Å². The molecule has 8 nitrogen and oxygen atoms in total. The number of ketones is 1. The van der Waals surface area contributed by atoms with Crippen molar-refractivity contribution in [3.63, 3.8) is 0 Å². The van der Waals surface area contributed by atoms with Crippen LogP contribution in [-0.2, 0) is 11.3 Å². The van der Waals surface area contributed by atoms with Gasteiger partial charge in [0.25, 0.3) is 0 Å². The lowest BCUT2D eigenvalue weighted by molar-refractivity contribution is -0.124. The van der Waals surface area contributed by atoms with Crippen LogP contribution >= 0.6 is 12.6 Å². The van der Waals surface area contributed by atoms with Crippen molar-refractivity contribution in [1.82, 2.24) is 31.3 Å². The van der Waals surface area contributed by atoms with Crippen molar-refractivity contribution in [1.29, 1.82) is 0 Å². The first-order valence-electron chi connectivity index (χ1n) is 12.5. The Morgan fingerprint density at radius 1 is 1.06 bits per heavy atom. The predicted octanol–water partition coefficient (Wildman–Crippen LogP) is 4.31. The van der Waals surface area contributed by atoms with Crippen molar-refractivity contribution in [3.8, 4) is 22.5 Å². The van der Waals surface area contributed by atoms with Gasteiger partial charge in [0.2, 0.25) is 11.7 Å². The van der Waals surface area contributed by atoms with E-state index in [4.69, 9.17) is 0 Å². The molecular weight excluding hydrogens is 472 g/mol. The second-order valence-corrected chi connectivity index (χ2v) is 9.68. The van der Waals surface area contributed by atoms with Crippen LogP contribution in [0.3, 0.4) is 0 Å². The minimum absolute atomic E-state index is 0.0533. The van der Waals surface area contributed by atoms with Crippen molar-refractivity contribution in [2.24, 2.45) is 11.8 Å². The number of aromatic nitrogens is 4. The lowest BCUT2D eigenvalue weighted by atomic mass is 9.90. The van der Waals surface area contributed by atoms with E-state index in [0.29, 0.717) is 49.1 Å². The SMILES string of the molecule is CCCC(=O)c1cc(CNCCNC(=O)C(CS)CC(C)C)ccc1-c1ccccc1-c1nn[nH]n1. The predicted molar refractivity (Wildman–Crippen MR) is 146 cm³/mol. The molecule has 36 heavy (non-hydrogen) atoms. The number of benzene rings is 2. The largest absolute Gasteiger partial charge is 0.355 e. The molecule has 192 valence electrons. The number of carbonyl (C=O) groups is 2. The highest BCUT2D eigenvalue weighted by atomic mass is 32.1. The number of nitrogens with one attached hydrogen (secondary N) is 3. The van der Waals surface area contributed by atoms with Crippen molar-refractivity contribution >= 4 is 24.3 Å². The molecule has 0 aliphatic carbocycles. The van der Waals surface area contributed by atoms with Gasteiger partial charge in [-0.1, -0.05) is 57.2 Å². The number of nitrogens with zero attached hydrogens (tertiary/aromatic N) is 3. The number of carbonyl (C=O) groups excluding carboxylic acids is 2. The molecule has 2 aromatic carbocycles. The fourth-order valence-electron chi connectivity index (χ4n) is 4.20.